The molecule has 1 saturated heterocycles. The number of guanidine groups is 1. The smallest absolute Gasteiger partial charge is 0.191 e. The molecule has 1 aliphatic heterocycles. The van der Waals surface area contributed by atoms with E-state index in [9.17, 15) is 5.11 Å². The zero-order valence-electron chi connectivity index (χ0n) is 13.2. The van der Waals surface area contributed by atoms with Crippen molar-refractivity contribution in [3.63, 3.8) is 0 Å². The van der Waals surface area contributed by atoms with E-state index in [0.717, 1.165) is 43.4 Å². The molecule has 1 aliphatic carbocycles. The molecule has 3 N–H and O–H groups in total. The Bertz CT molecular complexity index is 376. The van der Waals surface area contributed by atoms with Gasteiger partial charge in [-0.3, -0.25) is 4.99 Å². The molecule has 0 spiro atoms. The third-order valence-electron chi connectivity index (χ3n) is 4.08. The summed E-state index contributed by atoms with van der Waals surface area (Å²) in [4.78, 5) is 4.56. The lowest BCUT2D eigenvalue weighted by molar-refractivity contribution is 0.0778. The minimum absolute atomic E-state index is 0.498. The zero-order valence-corrected chi connectivity index (χ0v) is 14.0. The van der Waals surface area contributed by atoms with Gasteiger partial charge in [0.25, 0.3) is 0 Å². The topological polar surface area (TPSA) is 56.7 Å². The van der Waals surface area contributed by atoms with Crippen LogP contribution in [0, 0.1) is 0 Å². The van der Waals surface area contributed by atoms with Crippen LogP contribution < -0.4 is 10.6 Å². The van der Waals surface area contributed by atoms with Gasteiger partial charge in [-0.1, -0.05) is 11.6 Å². The Balaban J connectivity index is 1.76. The van der Waals surface area contributed by atoms with Crippen LogP contribution in [0.1, 0.15) is 45.4 Å². The standard InChI is InChI=1S/C16H29N3OS/c1-2-17-15(19-12-16(20)9-11-21-13-16)18-10-8-14-6-4-3-5-7-14/h6,20H,2-5,7-13H2,1H3,(H2,17,18,19). The third-order valence-corrected chi connectivity index (χ3v) is 5.32. The number of thioether (sulfide) groups is 1. The van der Waals surface area contributed by atoms with Crippen LogP contribution >= 0.6 is 11.8 Å². The molecule has 2 rings (SSSR count). The Morgan fingerprint density at radius 1 is 1.43 bits per heavy atom. The summed E-state index contributed by atoms with van der Waals surface area (Å²) < 4.78 is 0. The van der Waals surface area contributed by atoms with Crippen molar-refractivity contribution in [1.82, 2.24) is 10.6 Å². The largest absolute Gasteiger partial charge is 0.387 e. The Hall–Kier alpha value is -0.680. The summed E-state index contributed by atoms with van der Waals surface area (Å²) in [6, 6.07) is 0. The highest BCUT2D eigenvalue weighted by atomic mass is 32.2. The van der Waals surface area contributed by atoms with Gasteiger partial charge in [-0.2, -0.15) is 11.8 Å². The van der Waals surface area contributed by atoms with Crippen LogP contribution in [-0.4, -0.2) is 47.8 Å². The fourth-order valence-corrected chi connectivity index (χ4v) is 4.05. The van der Waals surface area contributed by atoms with Gasteiger partial charge >= 0.3 is 0 Å². The van der Waals surface area contributed by atoms with Crippen LogP contribution in [-0.2, 0) is 0 Å². The van der Waals surface area contributed by atoms with Gasteiger partial charge in [0.15, 0.2) is 5.96 Å². The molecule has 5 heteroatoms. The third kappa shape index (κ3) is 5.91. The number of allylic oxidation sites excluding steroid dienone is 1. The first kappa shape index (κ1) is 16.7. The normalized spacial score (nSPS) is 26.6. The van der Waals surface area contributed by atoms with E-state index in [-0.39, 0.29) is 0 Å². The quantitative estimate of drug-likeness (QED) is 0.400. The number of rotatable bonds is 6. The van der Waals surface area contributed by atoms with E-state index in [0.29, 0.717) is 6.54 Å². The van der Waals surface area contributed by atoms with Crippen molar-refractivity contribution in [3.8, 4) is 0 Å². The number of aliphatic hydroxyl groups is 1. The van der Waals surface area contributed by atoms with Crippen molar-refractivity contribution in [1.29, 1.82) is 0 Å². The molecule has 4 nitrogen and oxygen atoms in total. The average Bonchev–Trinajstić information content (AvgIpc) is 2.93. The maximum Gasteiger partial charge on any atom is 0.191 e. The summed E-state index contributed by atoms with van der Waals surface area (Å²) in [6.45, 7) is 4.34. The van der Waals surface area contributed by atoms with E-state index in [1.165, 1.54) is 25.7 Å². The second-order valence-electron chi connectivity index (χ2n) is 6.01. The first-order valence-electron chi connectivity index (χ1n) is 8.22. The minimum Gasteiger partial charge on any atom is -0.387 e. The van der Waals surface area contributed by atoms with Crippen LogP contribution in [0.15, 0.2) is 16.6 Å². The van der Waals surface area contributed by atoms with Crippen molar-refractivity contribution in [2.75, 3.05) is 31.1 Å². The van der Waals surface area contributed by atoms with Crippen molar-refractivity contribution < 1.29 is 5.11 Å². The first-order valence-corrected chi connectivity index (χ1v) is 9.37. The lowest BCUT2D eigenvalue weighted by atomic mass is 9.97. The molecule has 1 unspecified atom stereocenters. The van der Waals surface area contributed by atoms with Crippen LogP contribution in [0.25, 0.3) is 0 Å². The van der Waals surface area contributed by atoms with Gasteiger partial charge in [-0.05, 0) is 51.2 Å². The Labute approximate surface area is 132 Å². The van der Waals surface area contributed by atoms with Crippen molar-refractivity contribution >= 4 is 17.7 Å². The molecule has 0 radical (unpaired) electrons. The summed E-state index contributed by atoms with van der Waals surface area (Å²) in [6.07, 6.45) is 9.54. The van der Waals surface area contributed by atoms with E-state index in [2.05, 4.69) is 28.6 Å². The molecule has 0 bridgehead atoms. The Kier molecular flexibility index (Phi) is 6.90. The monoisotopic (exact) mass is 311 g/mol. The predicted octanol–water partition coefficient (Wildman–Crippen LogP) is 2.30. The van der Waals surface area contributed by atoms with Crippen LogP contribution in [0.4, 0.5) is 0 Å². The zero-order chi connectivity index (χ0) is 15.0. The highest BCUT2D eigenvalue weighted by molar-refractivity contribution is 7.99. The van der Waals surface area contributed by atoms with E-state index >= 15 is 0 Å². The lowest BCUT2D eigenvalue weighted by Gasteiger charge is -2.20. The highest BCUT2D eigenvalue weighted by Crippen LogP contribution is 2.27. The van der Waals surface area contributed by atoms with Gasteiger partial charge in [-0.25, -0.2) is 0 Å². The lowest BCUT2D eigenvalue weighted by Crippen LogP contribution is -2.40. The second kappa shape index (κ2) is 8.69. The van der Waals surface area contributed by atoms with E-state index in [4.69, 9.17) is 0 Å². The fraction of sp³-hybridized carbons (Fsp3) is 0.812. The van der Waals surface area contributed by atoms with E-state index in [1.54, 1.807) is 5.57 Å². The van der Waals surface area contributed by atoms with Crippen LogP contribution in [0.2, 0.25) is 0 Å². The number of nitrogens with one attached hydrogen (secondary N) is 2. The number of nitrogens with zero attached hydrogens (tertiary/aromatic N) is 1. The Morgan fingerprint density at radius 3 is 3.00 bits per heavy atom. The van der Waals surface area contributed by atoms with E-state index in [1.807, 2.05) is 11.8 Å². The van der Waals surface area contributed by atoms with Gasteiger partial charge in [0.2, 0.25) is 0 Å². The molecule has 1 fully saturated rings. The number of hydrogen-bond acceptors (Lipinski definition) is 3. The summed E-state index contributed by atoms with van der Waals surface area (Å²) in [5.41, 5.74) is 0.981. The van der Waals surface area contributed by atoms with Gasteiger partial charge in [0.1, 0.15) is 0 Å². The molecule has 0 saturated carbocycles. The van der Waals surface area contributed by atoms with Gasteiger partial charge in [0.05, 0.1) is 12.1 Å². The molecule has 0 aromatic carbocycles. The molecular weight excluding hydrogens is 282 g/mol. The minimum atomic E-state index is -0.598. The van der Waals surface area contributed by atoms with Crippen molar-refractivity contribution in [3.05, 3.63) is 11.6 Å². The predicted molar refractivity (Wildman–Crippen MR) is 92.0 cm³/mol. The van der Waals surface area contributed by atoms with Crippen molar-refractivity contribution in [2.45, 2.75) is 51.0 Å². The molecule has 1 atom stereocenters. The summed E-state index contributed by atoms with van der Waals surface area (Å²) >= 11 is 1.82. The molecule has 120 valence electrons. The van der Waals surface area contributed by atoms with Gasteiger partial charge in [-0.15, -0.1) is 0 Å². The first-order chi connectivity index (χ1) is 10.2. The number of aliphatic imine (C=N–C) groups is 1. The van der Waals surface area contributed by atoms with Gasteiger partial charge in [0, 0.05) is 18.8 Å². The summed E-state index contributed by atoms with van der Waals surface area (Å²) in [5, 5.41) is 17.0. The van der Waals surface area contributed by atoms with Gasteiger partial charge < -0.3 is 15.7 Å². The Morgan fingerprint density at radius 2 is 2.33 bits per heavy atom. The molecule has 0 amide bonds. The van der Waals surface area contributed by atoms with Crippen molar-refractivity contribution in [2.24, 2.45) is 4.99 Å². The van der Waals surface area contributed by atoms with Crippen LogP contribution in [0.3, 0.4) is 0 Å². The molecule has 0 aromatic heterocycles. The maximum atomic E-state index is 10.3. The second-order valence-corrected chi connectivity index (χ2v) is 7.11. The molecular formula is C16H29N3OS. The maximum absolute atomic E-state index is 10.3. The fourth-order valence-electron chi connectivity index (χ4n) is 2.76. The molecule has 0 aromatic rings. The molecule has 21 heavy (non-hydrogen) atoms. The molecule has 2 aliphatic rings. The molecule has 1 heterocycles. The average molecular weight is 311 g/mol. The van der Waals surface area contributed by atoms with Crippen LogP contribution in [0.5, 0.6) is 0 Å². The SMILES string of the molecule is CCNC(=NCC1(O)CCSC1)NCCC1=CCCCC1. The number of hydrogen-bond donors (Lipinski definition) is 3. The summed E-state index contributed by atoms with van der Waals surface area (Å²) in [5.74, 6) is 2.69. The van der Waals surface area contributed by atoms with E-state index < -0.39 is 5.60 Å². The summed E-state index contributed by atoms with van der Waals surface area (Å²) in [7, 11) is 0. The highest BCUT2D eigenvalue weighted by Gasteiger charge is 2.31.